The van der Waals surface area contributed by atoms with Gasteiger partial charge in [-0.3, -0.25) is 9.59 Å². The normalized spacial score (nSPS) is 22.6. The predicted molar refractivity (Wildman–Crippen MR) is 89.8 cm³/mol. The van der Waals surface area contributed by atoms with Gasteiger partial charge in [0.25, 0.3) is 0 Å². The Hall–Kier alpha value is -2.83. The minimum absolute atomic E-state index is 0.285. The van der Waals surface area contributed by atoms with Crippen molar-refractivity contribution in [3.8, 4) is 0 Å². The molecule has 7 nitrogen and oxygen atoms in total. The molecular formula is C18H20N2O5. The van der Waals surface area contributed by atoms with Gasteiger partial charge in [-0.05, 0) is 30.5 Å². The van der Waals surface area contributed by atoms with Crippen molar-refractivity contribution in [3.63, 3.8) is 0 Å². The van der Waals surface area contributed by atoms with Crippen LogP contribution in [0.2, 0.25) is 0 Å². The maximum atomic E-state index is 12.4. The van der Waals surface area contributed by atoms with Crippen LogP contribution in [0.4, 0.5) is 10.5 Å². The van der Waals surface area contributed by atoms with Crippen molar-refractivity contribution >= 4 is 23.7 Å². The highest BCUT2D eigenvalue weighted by Crippen LogP contribution is 2.27. The molecular weight excluding hydrogens is 324 g/mol. The van der Waals surface area contributed by atoms with E-state index in [1.54, 1.807) is 23.1 Å². The molecule has 0 radical (unpaired) electrons. The van der Waals surface area contributed by atoms with Gasteiger partial charge in [-0.1, -0.05) is 24.3 Å². The first-order chi connectivity index (χ1) is 12.0. The smallest absolute Gasteiger partial charge is 0.410 e. The van der Waals surface area contributed by atoms with E-state index >= 15 is 0 Å². The van der Waals surface area contributed by atoms with Crippen molar-refractivity contribution in [1.82, 2.24) is 4.90 Å². The van der Waals surface area contributed by atoms with E-state index in [9.17, 15) is 19.5 Å². The molecule has 132 valence electrons. The van der Waals surface area contributed by atoms with E-state index in [-0.39, 0.29) is 12.0 Å². The highest BCUT2D eigenvalue weighted by atomic mass is 16.6. The largest absolute Gasteiger partial charge is 0.481 e. The van der Waals surface area contributed by atoms with E-state index in [0.29, 0.717) is 38.2 Å². The number of nitrogens with zero attached hydrogens (tertiary/aromatic N) is 1. The van der Waals surface area contributed by atoms with E-state index in [0.717, 1.165) is 5.56 Å². The molecule has 0 saturated carbocycles. The molecule has 7 heteroatoms. The number of ether oxygens (including phenoxy) is 1. The first-order valence-corrected chi connectivity index (χ1v) is 8.24. The summed E-state index contributed by atoms with van der Waals surface area (Å²) in [6.07, 6.45) is 4.14. The van der Waals surface area contributed by atoms with Gasteiger partial charge in [-0.15, -0.1) is 0 Å². The standard InChI is InChI=1S/C18H20N2O5/c21-16(14-3-1-2-4-15(14)17(22)23)19-13-7-5-12(6-8-13)11-20-9-10-25-18(20)24/h1-2,5-8,14-15H,3-4,9-11H2,(H,19,21)(H,22,23)/t14-,15+/m0/s1. The minimum Gasteiger partial charge on any atom is -0.481 e. The molecule has 1 aromatic carbocycles. The molecule has 2 aliphatic rings. The Labute approximate surface area is 145 Å². The Balaban J connectivity index is 1.60. The first kappa shape index (κ1) is 17.0. The van der Waals surface area contributed by atoms with Crippen LogP contribution < -0.4 is 5.32 Å². The van der Waals surface area contributed by atoms with Crippen molar-refractivity contribution in [2.45, 2.75) is 19.4 Å². The SMILES string of the molecule is O=C(Nc1ccc(CN2CCOC2=O)cc1)[C@H]1CC=CC[C@H]1C(=O)O. The van der Waals surface area contributed by atoms with Crippen LogP contribution in [-0.2, 0) is 20.9 Å². The summed E-state index contributed by atoms with van der Waals surface area (Å²) < 4.78 is 4.89. The summed E-state index contributed by atoms with van der Waals surface area (Å²) in [5.74, 6) is -2.49. The predicted octanol–water partition coefficient (Wildman–Crippen LogP) is 2.24. The molecule has 1 aliphatic carbocycles. The average Bonchev–Trinajstić information content (AvgIpc) is 3.01. The van der Waals surface area contributed by atoms with E-state index in [2.05, 4.69) is 5.32 Å². The maximum absolute atomic E-state index is 12.4. The average molecular weight is 344 g/mol. The first-order valence-electron chi connectivity index (χ1n) is 8.24. The number of carbonyl (C=O) groups is 3. The second-order valence-corrected chi connectivity index (χ2v) is 6.22. The van der Waals surface area contributed by atoms with Gasteiger partial charge >= 0.3 is 12.1 Å². The zero-order valence-corrected chi connectivity index (χ0v) is 13.7. The lowest BCUT2D eigenvalue weighted by atomic mass is 9.82. The van der Waals surface area contributed by atoms with Gasteiger partial charge in [0.05, 0.1) is 18.4 Å². The number of rotatable bonds is 5. The highest BCUT2D eigenvalue weighted by molar-refractivity contribution is 5.95. The number of carbonyl (C=O) groups excluding carboxylic acids is 2. The van der Waals surface area contributed by atoms with Crippen molar-refractivity contribution < 1.29 is 24.2 Å². The van der Waals surface area contributed by atoms with Crippen LogP contribution in [-0.4, -0.2) is 41.1 Å². The van der Waals surface area contributed by atoms with E-state index in [1.165, 1.54) is 0 Å². The van der Waals surface area contributed by atoms with Gasteiger partial charge < -0.3 is 20.1 Å². The number of carboxylic acid groups (broad SMARTS) is 1. The number of carboxylic acids is 1. The Bertz CT molecular complexity index is 698. The molecule has 1 aliphatic heterocycles. The summed E-state index contributed by atoms with van der Waals surface area (Å²) in [5.41, 5.74) is 1.54. The lowest BCUT2D eigenvalue weighted by molar-refractivity contribution is -0.146. The fourth-order valence-corrected chi connectivity index (χ4v) is 3.10. The zero-order valence-electron chi connectivity index (χ0n) is 13.7. The van der Waals surface area contributed by atoms with Crippen LogP contribution in [0.25, 0.3) is 0 Å². The lowest BCUT2D eigenvalue weighted by Gasteiger charge is -2.24. The van der Waals surface area contributed by atoms with Gasteiger partial charge in [0.15, 0.2) is 0 Å². The van der Waals surface area contributed by atoms with Crippen molar-refractivity contribution in [3.05, 3.63) is 42.0 Å². The van der Waals surface area contributed by atoms with Gasteiger partial charge in [-0.2, -0.15) is 0 Å². The number of nitrogens with one attached hydrogen (secondary N) is 1. The van der Waals surface area contributed by atoms with Crippen molar-refractivity contribution in [2.24, 2.45) is 11.8 Å². The summed E-state index contributed by atoms with van der Waals surface area (Å²) >= 11 is 0. The number of cyclic esters (lactones) is 1. The number of aliphatic carboxylic acids is 1. The van der Waals surface area contributed by atoms with E-state index < -0.39 is 17.8 Å². The highest BCUT2D eigenvalue weighted by Gasteiger charge is 2.33. The fourth-order valence-electron chi connectivity index (χ4n) is 3.10. The minimum atomic E-state index is -0.947. The molecule has 2 amide bonds. The Kier molecular flexibility index (Phi) is 5.02. The number of hydrogen-bond donors (Lipinski definition) is 2. The summed E-state index contributed by atoms with van der Waals surface area (Å²) in [7, 11) is 0. The van der Waals surface area contributed by atoms with Crippen LogP contribution in [0, 0.1) is 11.8 Å². The van der Waals surface area contributed by atoms with Crippen LogP contribution in [0.3, 0.4) is 0 Å². The molecule has 3 rings (SSSR count). The third kappa shape index (κ3) is 3.99. The summed E-state index contributed by atoms with van der Waals surface area (Å²) in [6.45, 7) is 1.44. The molecule has 1 fully saturated rings. The second kappa shape index (κ2) is 7.38. The molecule has 0 aromatic heterocycles. The maximum Gasteiger partial charge on any atom is 0.410 e. The molecule has 25 heavy (non-hydrogen) atoms. The monoisotopic (exact) mass is 344 g/mol. The molecule has 1 saturated heterocycles. The van der Waals surface area contributed by atoms with E-state index in [4.69, 9.17) is 4.74 Å². The number of benzene rings is 1. The molecule has 0 bridgehead atoms. The summed E-state index contributed by atoms with van der Waals surface area (Å²) in [4.78, 5) is 36.8. The Morgan fingerprint density at radius 2 is 1.84 bits per heavy atom. The Morgan fingerprint density at radius 1 is 1.16 bits per heavy atom. The number of allylic oxidation sites excluding steroid dienone is 2. The Morgan fingerprint density at radius 3 is 2.44 bits per heavy atom. The lowest BCUT2D eigenvalue weighted by Crippen LogP contribution is -2.34. The van der Waals surface area contributed by atoms with Gasteiger partial charge in [0, 0.05) is 12.2 Å². The van der Waals surface area contributed by atoms with Crippen molar-refractivity contribution in [1.29, 1.82) is 0 Å². The fraction of sp³-hybridized carbons (Fsp3) is 0.389. The van der Waals surface area contributed by atoms with Gasteiger partial charge in [-0.25, -0.2) is 4.79 Å². The van der Waals surface area contributed by atoms with Crippen molar-refractivity contribution in [2.75, 3.05) is 18.5 Å². The topological polar surface area (TPSA) is 95.9 Å². The molecule has 2 N–H and O–H groups in total. The van der Waals surface area contributed by atoms with Crippen LogP contribution >= 0.6 is 0 Å². The molecule has 2 atom stereocenters. The van der Waals surface area contributed by atoms with Crippen LogP contribution in [0.1, 0.15) is 18.4 Å². The summed E-state index contributed by atoms with van der Waals surface area (Å²) in [5, 5.41) is 12.0. The molecule has 0 spiro atoms. The number of hydrogen-bond acceptors (Lipinski definition) is 4. The third-order valence-corrected chi connectivity index (χ3v) is 4.53. The van der Waals surface area contributed by atoms with E-state index in [1.807, 2.05) is 18.2 Å². The zero-order chi connectivity index (χ0) is 17.8. The van der Waals surface area contributed by atoms with Gasteiger partial charge in [0.2, 0.25) is 5.91 Å². The number of anilines is 1. The third-order valence-electron chi connectivity index (χ3n) is 4.53. The van der Waals surface area contributed by atoms with Crippen LogP contribution in [0.5, 0.6) is 0 Å². The van der Waals surface area contributed by atoms with Gasteiger partial charge in [0.1, 0.15) is 6.61 Å². The molecule has 0 unspecified atom stereocenters. The molecule has 1 aromatic rings. The van der Waals surface area contributed by atoms with Crippen LogP contribution in [0.15, 0.2) is 36.4 Å². The second-order valence-electron chi connectivity index (χ2n) is 6.22. The molecule has 1 heterocycles. The quantitative estimate of drug-likeness (QED) is 0.799. The summed E-state index contributed by atoms with van der Waals surface area (Å²) in [6, 6.07) is 7.17. The number of amides is 2.